The van der Waals surface area contributed by atoms with Gasteiger partial charge < -0.3 is 10.4 Å². The van der Waals surface area contributed by atoms with Crippen molar-refractivity contribution in [1.29, 1.82) is 0 Å². The summed E-state index contributed by atoms with van der Waals surface area (Å²) in [5, 5.41) is 12.7. The van der Waals surface area contributed by atoms with Crippen molar-refractivity contribution in [1.82, 2.24) is 5.32 Å². The van der Waals surface area contributed by atoms with Crippen molar-refractivity contribution in [3.05, 3.63) is 33.8 Å². The smallest absolute Gasteiger partial charge is 0.0524 e. The molecule has 0 spiro atoms. The van der Waals surface area contributed by atoms with Crippen molar-refractivity contribution in [2.24, 2.45) is 0 Å². The summed E-state index contributed by atoms with van der Waals surface area (Å²) in [7, 11) is 0. The van der Waals surface area contributed by atoms with Crippen molar-refractivity contribution < 1.29 is 5.11 Å². The van der Waals surface area contributed by atoms with E-state index in [0.29, 0.717) is 6.04 Å². The van der Waals surface area contributed by atoms with Gasteiger partial charge in [-0.3, -0.25) is 0 Å². The fourth-order valence-corrected chi connectivity index (χ4v) is 2.87. The molecule has 1 aromatic rings. The van der Waals surface area contributed by atoms with Gasteiger partial charge in [-0.25, -0.2) is 0 Å². The Bertz CT molecular complexity index is 365. The fraction of sp³-hybridized carbons (Fsp3) is 0.538. The van der Waals surface area contributed by atoms with Gasteiger partial charge in [0, 0.05) is 10.5 Å². The van der Waals surface area contributed by atoms with E-state index in [1.54, 1.807) is 0 Å². The van der Waals surface area contributed by atoms with Crippen molar-refractivity contribution in [2.45, 2.75) is 38.3 Å². The van der Waals surface area contributed by atoms with Crippen LogP contribution in [0.3, 0.4) is 0 Å². The maximum absolute atomic E-state index is 9.22. The molecule has 0 radical (unpaired) electrons. The molecule has 0 aromatic heterocycles. The average Bonchev–Trinajstić information content (AvgIpc) is 2.63. The van der Waals surface area contributed by atoms with E-state index in [4.69, 9.17) is 0 Å². The van der Waals surface area contributed by atoms with Gasteiger partial charge in [0.15, 0.2) is 0 Å². The third kappa shape index (κ3) is 2.65. The Kier molecular flexibility index (Phi) is 4.00. The third-order valence-corrected chi connectivity index (χ3v) is 3.91. The van der Waals surface area contributed by atoms with Gasteiger partial charge in [0.2, 0.25) is 0 Å². The number of halogens is 1. The molecule has 2 rings (SSSR count). The molecule has 2 unspecified atom stereocenters. The van der Waals surface area contributed by atoms with Crippen LogP contribution in [0, 0.1) is 0 Å². The lowest BCUT2D eigenvalue weighted by molar-refractivity contribution is 0.182. The van der Waals surface area contributed by atoms with Gasteiger partial charge in [-0.15, -0.1) is 0 Å². The van der Waals surface area contributed by atoms with Crippen LogP contribution >= 0.6 is 15.9 Å². The summed E-state index contributed by atoms with van der Waals surface area (Å²) in [5.41, 5.74) is 2.86. The third-order valence-electron chi connectivity index (χ3n) is 3.17. The first kappa shape index (κ1) is 12.1. The van der Waals surface area contributed by atoms with Gasteiger partial charge in [-0.2, -0.15) is 0 Å². The number of benzene rings is 1. The summed E-state index contributed by atoms with van der Waals surface area (Å²) in [6, 6.07) is 6.87. The number of aliphatic hydroxyl groups is 1. The molecule has 0 bridgehead atoms. The van der Waals surface area contributed by atoms with Gasteiger partial charge >= 0.3 is 0 Å². The molecular formula is C13H18BrNO. The minimum atomic E-state index is -0.212. The van der Waals surface area contributed by atoms with Gasteiger partial charge in [0.1, 0.15) is 0 Å². The summed E-state index contributed by atoms with van der Waals surface area (Å²) in [5.74, 6) is 0. The van der Waals surface area contributed by atoms with Crippen LogP contribution in [0.2, 0.25) is 0 Å². The van der Waals surface area contributed by atoms with E-state index in [9.17, 15) is 5.11 Å². The summed E-state index contributed by atoms with van der Waals surface area (Å²) >= 11 is 3.60. The van der Waals surface area contributed by atoms with Gasteiger partial charge in [0.25, 0.3) is 0 Å². The van der Waals surface area contributed by atoms with Crippen LogP contribution in [0.1, 0.15) is 36.9 Å². The van der Waals surface area contributed by atoms with Crippen LogP contribution in [0.4, 0.5) is 0 Å². The Balaban J connectivity index is 1.98. The first-order valence-corrected chi connectivity index (χ1v) is 6.66. The van der Waals surface area contributed by atoms with E-state index in [1.807, 2.05) is 6.92 Å². The zero-order valence-electron chi connectivity index (χ0n) is 9.54. The Morgan fingerprint density at radius 1 is 1.56 bits per heavy atom. The second kappa shape index (κ2) is 5.30. The largest absolute Gasteiger partial charge is 0.393 e. The SMILES string of the molecule is CC(O)CCNC1CCc2c(Br)cccc21. The van der Waals surface area contributed by atoms with Crippen molar-refractivity contribution in [2.75, 3.05) is 6.54 Å². The standard InChI is InChI=1S/C13H18BrNO/c1-9(16)7-8-15-13-6-5-10-11(13)3-2-4-12(10)14/h2-4,9,13,15-16H,5-8H2,1H3. The lowest BCUT2D eigenvalue weighted by atomic mass is 10.1. The highest BCUT2D eigenvalue weighted by Crippen LogP contribution is 2.35. The molecule has 88 valence electrons. The molecule has 0 aliphatic heterocycles. The van der Waals surface area contributed by atoms with Crippen LogP contribution < -0.4 is 5.32 Å². The molecule has 2 nitrogen and oxygen atoms in total. The lowest BCUT2D eigenvalue weighted by Gasteiger charge is -2.14. The van der Waals surface area contributed by atoms with Crippen molar-refractivity contribution >= 4 is 15.9 Å². The Morgan fingerprint density at radius 3 is 3.12 bits per heavy atom. The fourth-order valence-electron chi connectivity index (χ4n) is 2.29. The van der Waals surface area contributed by atoms with Crippen LogP contribution in [-0.4, -0.2) is 17.8 Å². The quantitative estimate of drug-likeness (QED) is 0.891. The normalized spacial score (nSPS) is 20.8. The van der Waals surface area contributed by atoms with Crippen molar-refractivity contribution in [3.63, 3.8) is 0 Å². The van der Waals surface area contributed by atoms with Crippen molar-refractivity contribution in [3.8, 4) is 0 Å². The van der Waals surface area contributed by atoms with Crippen LogP contribution in [0.25, 0.3) is 0 Å². The van der Waals surface area contributed by atoms with E-state index in [0.717, 1.165) is 25.8 Å². The average molecular weight is 284 g/mol. The minimum Gasteiger partial charge on any atom is -0.393 e. The highest BCUT2D eigenvalue weighted by Gasteiger charge is 2.23. The Morgan fingerprint density at radius 2 is 2.38 bits per heavy atom. The summed E-state index contributed by atoms with van der Waals surface area (Å²) in [6.45, 7) is 2.72. The molecule has 1 aliphatic rings. The molecule has 0 saturated heterocycles. The molecule has 0 amide bonds. The molecule has 16 heavy (non-hydrogen) atoms. The van der Waals surface area contributed by atoms with Gasteiger partial charge in [-0.05, 0) is 49.9 Å². The van der Waals surface area contributed by atoms with Gasteiger partial charge in [-0.1, -0.05) is 28.1 Å². The molecule has 0 fully saturated rings. The van der Waals surface area contributed by atoms with E-state index in [-0.39, 0.29) is 6.10 Å². The number of aliphatic hydroxyl groups excluding tert-OH is 1. The lowest BCUT2D eigenvalue weighted by Crippen LogP contribution is -2.23. The summed E-state index contributed by atoms with van der Waals surface area (Å²) < 4.78 is 1.23. The number of rotatable bonds is 4. The second-order valence-corrected chi connectivity index (χ2v) is 5.35. The predicted molar refractivity (Wildman–Crippen MR) is 69.5 cm³/mol. The minimum absolute atomic E-state index is 0.212. The number of hydrogen-bond donors (Lipinski definition) is 2. The molecular weight excluding hydrogens is 266 g/mol. The zero-order valence-corrected chi connectivity index (χ0v) is 11.1. The topological polar surface area (TPSA) is 32.3 Å². The highest BCUT2D eigenvalue weighted by molar-refractivity contribution is 9.10. The monoisotopic (exact) mass is 283 g/mol. The number of nitrogens with one attached hydrogen (secondary N) is 1. The first-order valence-electron chi connectivity index (χ1n) is 5.87. The van der Waals surface area contributed by atoms with E-state index in [1.165, 1.54) is 15.6 Å². The first-order chi connectivity index (χ1) is 7.68. The van der Waals surface area contributed by atoms with E-state index < -0.39 is 0 Å². The molecule has 2 N–H and O–H groups in total. The molecule has 0 saturated carbocycles. The summed E-state index contributed by atoms with van der Waals surface area (Å²) in [6.07, 6.45) is 2.91. The molecule has 1 aliphatic carbocycles. The van der Waals surface area contributed by atoms with E-state index in [2.05, 4.69) is 39.4 Å². The predicted octanol–water partition coefficient (Wildman–Crippen LogP) is 2.80. The Labute approximate surface area is 105 Å². The van der Waals surface area contributed by atoms with Crippen LogP contribution in [0.15, 0.2) is 22.7 Å². The van der Waals surface area contributed by atoms with Crippen LogP contribution in [-0.2, 0) is 6.42 Å². The number of fused-ring (bicyclic) bond motifs is 1. The number of hydrogen-bond acceptors (Lipinski definition) is 2. The maximum atomic E-state index is 9.22. The highest BCUT2D eigenvalue weighted by atomic mass is 79.9. The molecule has 3 heteroatoms. The van der Waals surface area contributed by atoms with E-state index >= 15 is 0 Å². The molecule has 0 heterocycles. The summed E-state index contributed by atoms with van der Waals surface area (Å²) in [4.78, 5) is 0. The van der Waals surface area contributed by atoms with Gasteiger partial charge in [0.05, 0.1) is 6.10 Å². The zero-order chi connectivity index (χ0) is 11.5. The Hall–Kier alpha value is -0.380. The molecule has 2 atom stereocenters. The second-order valence-electron chi connectivity index (χ2n) is 4.49. The maximum Gasteiger partial charge on any atom is 0.0524 e. The van der Waals surface area contributed by atoms with Crippen LogP contribution in [0.5, 0.6) is 0 Å². The molecule has 1 aromatic carbocycles.